The predicted molar refractivity (Wildman–Crippen MR) is 63.1 cm³/mol. The molecule has 0 aliphatic heterocycles. The Morgan fingerprint density at radius 2 is 2.00 bits per heavy atom. The Labute approximate surface area is 94.6 Å². The van der Waals surface area contributed by atoms with E-state index in [9.17, 15) is 0 Å². The second-order valence-corrected chi connectivity index (χ2v) is 3.13. The Bertz CT molecular complexity index is 271. The first kappa shape index (κ1) is 13.5. The van der Waals surface area contributed by atoms with Crippen LogP contribution in [0.15, 0.2) is 0 Å². The molecule has 0 aromatic carbocycles. The molecule has 0 radical (unpaired) electrons. The third-order valence-corrected chi connectivity index (χ3v) is 2.32. The molecule has 0 N–H and O–H groups in total. The molecule has 1 heterocycles. The van der Waals surface area contributed by atoms with Crippen LogP contribution < -0.4 is 4.74 Å². The van der Waals surface area contributed by atoms with Crippen LogP contribution in [0.5, 0.6) is 5.88 Å². The molecule has 82 valence electrons. The summed E-state index contributed by atoms with van der Waals surface area (Å²) in [5, 5.41) is 5.05. The average molecular weight is 263 g/mol. The number of aromatic nitrogens is 2. The van der Waals surface area contributed by atoms with E-state index in [0.717, 1.165) is 16.8 Å². The fraction of sp³-hybridized carbons (Fsp3) is 0.700. The lowest BCUT2D eigenvalue weighted by atomic mass is 10.3. The molecule has 14 heavy (non-hydrogen) atoms. The van der Waals surface area contributed by atoms with Crippen molar-refractivity contribution in [1.29, 1.82) is 0 Å². The van der Waals surface area contributed by atoms with Gasteiger partial charge in [-0.25, -0.2) is 0 Å². The lowest BCUT2D eigenvalue weighted by molar-refractivity contribution is 0.321. The van der Waals surface area contributed by atoms with Crippen LogP contribution in [0.4, 0.5) is 0 Å². The summed E-state index contributed by atoms with van der Waals surface area (Å²) in [6.45, 7) is 8.65. The number of aryl methyl sites for hydroxylation is 1. The Morgan fingerprint density at radius 3 is 2.36 bits per heavy atom. The Kier molecular flexibility index (Phi) is 6.62. The van der Waals surface area contributed by atoms with E-state index >= 15 is 0 Å². The summed E-state index contributed by atoms with van der Waals surface area (Å²) >= 11 is 3.41. The van der Waals surface area contributed by atoms with Gasteiger partial charge in [-0.05, 0) is 13.8 Å². The van der Waals surface area contributed by atoms with E-state index < -0.39 is 0 Å². The van der Waals surface area contributed by atoms with Crippen molar-refractivity contribution in [2.45, 2.75) is 33.0 Å². The number of halogens is 1. The van der Waals surface area contributed by atoms with Crippen LogP contribution in [0.3, 0.4) is 0 Å². The van der Waals surface area contributed by atoms with Gasteiger partial charge in [0.1, 0.15) is 0 Å². The minimum atomic E-state index is 0.666. The van der Waals surface area contributed by atoms with Crippen molar-refractivity contribution >= 4 is 15.9 Å². The zero-order valence-corrected chi connectivity index (χ0v) is 11.2. The van der Waals surface area contributed by atoms with Gasteiger partial charge in [-0.3, -0.25) is 4.68 Å². The number of alkyl halides is 1. The molecule has 0 unspecified atom stereocenters. The third kappa shape index (κ3) is 3.01. The summed E-state index contributed by atoms with van der Waals surface area (Å²) < 4.78 is 7.19. The maximum Gasteiger partial charge on any atom is 0.235 e. The lowest BCUT2D eigenvalue weighted by Crippen LogP contribution is -1.96. The summed E-state index contributed by atoms with van der Waals surface area (Å²) in [6, 6.07) is 0. The highest BCUT2D eigenvalue weighted by molar-refractivity contribution is 9.08. The van der Waals surface area contributed by atoms with Crippen LogP contribution in [-0.2, 0) is 12.4 Å². The van der Waals surface area contributed by atoms with Crippen molar-refractivity contribution in [1.82, 2.24) is 9.78 Å². The summed E-state index contributed by atoms with van der Waals surface area (Å²) in [5.74, 6) is 0.745. The molecular weight excluding hydrogens is 244 g/mol. The van der Waals surface area contributed by atoms with E-state index in [0.29, 0.717) is 6.61 Å². The van der Waals surface area contributed by atoms with Gasteiger partial charge in [-0.1, -0.05) is 29.8 Å². The van der Waals surface area contributed by atoms with Gasteiger partial charge in [0.15, 0.2) is 0 Å². The van der Waals surface area contributed by atoms with Crippen LogP contribution >= 0.6 is 15.9 Å². The van der Waals surface area contributed by atoms with E-state index in [4.69, 9.17) is 4.74 Å². The molecule has 0 saturated heterocycles. The zero-order valence-electron chi connectivity index (χ0n) is 9.59. The molecule has 1 aromatic rings. The third-order valence-electron chi connectivity index (χ3n) is 1.79. The van der Waals surface area contributed by atoms with Gasteiger partial charge < -0.3 is 4.74 Å². The van der Waals surface area contributed by atoms with Crippen molar-refractivity contribution in [3.8, 4) is 5.88 Å². The largest absolute Gasteiger partial charge is 0.477 e. The molecule has 4 heteroatoms. The molecular formula is C10H19BrN2O. The normalized spacial score (nSPS) is 9.29. The summed E-state index contributed by atoms with van der Waals surface area (Å²) in [4.78, 5) is 0. The fourth-order valence-electron chi connectivity index (χ4n) is 1.10. The van der Waals surface area contributed by atoms with E-state index in [2.05, 4.69) is 21.0 Å². The molecule has 0 aliphatic rings. The van der Waals surface area contributed by atoms with E-state index in [-0.39, 0.29) is 0 Å². The minimum absolute atomic E-state index is 0.666. The maximum atomic E-state index is 5.35. The standard InChI is InChI=1S/C8H13BrN2O.C2H6/c1-4-12-8-6(2)7(5-9)11(3)10-8;1-2/h4-5H2,1-3H3;1-2H3. The Balaban J connectivity index is 0.000000791. The smallest absolute Gasteiger partial charge is 0.235 e. The molecule has 0 saturated carbocycles. The molecule has 1 rings (SSSR count). The van der Waals surface area contributed by atoms with E-state index in [1.165, 1.54) is 5.69 Å². The fourth-order valence-corrected chi connectivity index (χ4v) is 1.88. The van der Waals surface area contributed by atoms with Gasteiger partial charge >= 0.3 is 0 Å². The second-order valence-electron chi connectivity index (χ2n) is 2.57. The first-order valence-electron chi connectivity index (χ1n) is 4.92. The maximum absolute atomic E-state index is 5.35. The van der Waals surface area contributed by atoms with Gasteiger partial charge in [0, 0.05) is 17.9 Å². The summed E-state index contributed by atoms with van der Waals surface area (Å²) in [5.41, 5.74) is 2.29. The molecule has 3 nitrogen and oxygen atoms in total. The molecule has 1 aromatic heterocycles. The Hall–Kier alpha value is -0.510. The Morgan fingerprint density at radius 1 is 1.43 bits per heavy atom. The molecule has 0 amide bonds. The van der Waals surface area contributed by atoms with Crippen LogP contribution in [-0.4, -0.2) is 16.4 Å². The zero-order chi connectivity index (χ0) is 11.1. The number of hydrogen-bond acceptors (Lipinski definition) is 2. The SMILES string of the molecule is CC.CCOc1nn(C)c(CBr)c1C. The number of ether oxygens (including phenoxy) is 1. The molecule has 0 atom stereocenters. The van der Waals surface area contributed by atoms with Crippen molar-refractivity contribution in [2.24, 2.45) is 7.05 Å². The molecule has 0 bridgehead atoms. The van der Waals surface area contributed by atoms with E-state index in [1.807, 2.05) is 39.4 Å². The molecule has 0 aliphatic carbocycles. The van der Waals surface area contributed by atoms with Crippen LogP contribution in [0.2, 0.25) is 0 Å². The predicted octanol–water partition coefficient (Wildman–Crippen LogP) is 3.05. The van der Waals surface area contributed by atoms with Crippen LogP contribution in [0.1, 0.15) is 32.0 Å². The highest BCUT2D eigenvalue weighted by Gasteiger charge is 2.10. The van der Waals surface area contributed by atoms with Crippen LogP contribution in [0.25, 0.3) is 0 Å². The monoisotopic (exact) mass is 262 g/mol. The van der Waals surface area contributed by atoms with Gasteiger partial charge in [0.05, 0.1) is 12.3 Å². The summed E-state index contributed by atoms with van der Waals surface area (Å²) in [6.07, 6.45) is 0. The van der Waals surface area contributed by atoms with Crippen molar-refractivity contribution in [2.75, 3.05) is 6.61 Å². The first-order chi connectivity index (χ1) is 6.70. The summed E-state index contributed by atoms with van der Waals surface area (Å²) in [7, 11) is 1.92. The highest BCUT2D eigenvalue weighted by atomic mass is 79.9. The topological polar surface area (TPSA) is 27.1 Å². The highest BCUT2D eigenvalue weighted by Crippen LogP contribution is 2.21. The van der Waals surface area contributed by atoms with Crippen molar-refractivity contribution in [3.05, 3.63) is 11.3 Å². The second kappa shape index (κ2) is 6.87. The lowest BCUT2D eigenvalue weighted by Gasteiger charge is -1.97. The van der Waals surface area contributed by atoms with Gasteiger partial charge in [-0.2, -0.15) is 0 Å². The molecule has 0 spiro atoms. The van der Waals surface area contributed by atoms with Crippen LogP contribution in [0, 0.1) is 6.92 Å². The quantitative estimate of drug-likeness (QED) is 0.784. The average Bonchev–Trinajstić information content (AvgIpc) is 2.46. The van der Waals surface area contributed by atoms with Crippen molar-refractivity contribution in [3.63, 3.8) is 0 Å². The van der Waals surface area contributed by atoms with Gasteiger partial charge in [0.2, 0.25) is 5.88 Å². The van der Waals surface area contributed by atoms with Crippen molar-refractivity contribution < 1.29 is 4.74 Å². The van der Waals surface area contributed by atoms with Gasteiger partial charge in [-0.15, -0.1) is 5.10 Å². The first-order valence-corrected chi connectivity index (χ1v) is 6.04. The van der Waals surface area contributed by atoms with E-state index in [1.54, 1.807) is 0 Å². The van der Waals surface area contributed by atoms with Gasteiger partial charge in [0.25, 0.3) is 0 Å². The number of rotatable bonds is 3. The number of nitrogens with zero attached hydrogens (tertiary/aromatic N) is 2. The number of hydrogen-bond donors (Lipinski definition) is 0. The molecule has 0 fully saturated rings. The minimum Gasteiger partial charge on any atom is -0.477 e.